The highest BCUT2D eigenvalue weighted by molar-refractivity contribution is 7.98. The predicted octanol–water partition coefficient (Wildman–Crippen LogP) is 3.29. The molecular formula is C20H26N4O2S. The SMILES string of the molecule is CCCNC(=O)Cn1nc2c(c1NC(=O)C(CC)c1ccccc1)CSC2. The molecule has 1 aromatic carbocycles. The first-order chi connectivity index (χ1) is 13.1. The molecule has 144 valence electrons. The van der Waals surface area contributed by atoms with Crippen LogP contribution in [0.4, 0.5) is 5.82 Å². The maximum atomic E-state index is 13.0. The van der Waals surface area contributed by atoms with E-state index in [1.54, 1.807) is 16.4 Å². The lowest BCUT2D eigenvalue weighted by Gasteiger charge is -2.17. The molecule has 27 heavy (non-hydrogen) atoms. The molecule has 2 heterocycles. The van der Waals surface area contributed by atoms with Gasteiger partial charge < -0.3 is 10.6 Å². The van der Waals surface area contributed by atoms with Gasteiger partial charge in [-0.15, -0.1) is 0 Å². The van der Waals surface area contributed by atoms with Gasteiger partial charge in [0, 0.05) is 23.6 Å². The molecule has 2 amide bonds. The molecule has 0 bridgehead atoms. The van der Waals surface area contributed by atoms with Gasteiger partial charge >= 0.3 is 0 Å². The van der Waals surface area contributed by atoms with Crippen molar-refractivity contribution < 1.29 is 9.59 Å². The molecule has 7 heteroatoms. The topological polar surface area (TPSA) is 76.0 Å². The second kappa shape index (κ2) is 9.08. The number of hydrogen-bond donors (Lipinski definition) is 2. The first kappa shape index (κ1) is 19.5. The zero-order chi connectivity index (χ0) is 19.2. The van der Waals surface area contributed by atoms with Gasteiger partial charge in [0.1, 0.15) is 12.4 Å². The van der Waals surface area contributed by atoms with Crippen molar-refractivity contribution >= 4 is 29.4 Å². The van der Waals surface area contributed by atoms with Crippen LogP contribution in [0.3, 0.4) is 0 Å². The maximum Gasteiger partial charge on any atom is 0.241 e. The number of fused-ring (bicyclic) bond motifs is 1. The molecule has 0 radical (unpaired) electrons. The van der Waals surface area contributed by atoms with Crippen molar-refractivity contribution in [2.75, 3.05) is 11.9 Å². The lowest BCUT2D eigenvalue weighted by Crippen LogP contribution is -2.30. The summed E-state index contributed by atoms with van der Waals surface area (Å²) in [6.45, 7) is 4.78. The van der Waals surface area contributed by atoms with Gasteiger partial charge in [-0.25, -0.2) is 4.68 Å². The number of nitrogens with zero attached hydrogens (tertiary/aromatic N) is 2. The van der Waals surface area contributed by atoms with E-state index >= 15 is 0 Å². The number of benzene rings is 1. The number of anilines is 1. The minimum absolute atomic E-state index is 0.0569. The van der Waals surface area contributed by atoms with Crippen LogP contribution in [-0.2, 0) is 27.6 Å². The van der Waals surface area contributed by atoms with Crippen LogP contribution < -0.4 is 10.6 Å². The number of nitrogens with one attached hydrogen (secondary N) is 2. The van der Waals surface area contributed by atoms with Gasteiger partial charge in [0.25, 0.3) is 0 Å². The Balaban J connectivity index is 1.80. The van der Waals surface area contributed by atoms with E-state index < -0.39 is 0 Å². The Hall–Kier alpha value is -2.28. The number of rotatable bonds is 8. The number of carbonyl (C=O) groups is 2. The summed E-state index contributed by atoms with van der Waals surface area (Å²) in [6, 6.07) is 9.79. The summed E-state index contributed by atoms with van der Waals surface area (Å²) in [4.78, 5) is 25.2. The van der Waals surface area contributed by atoms with E-state index in [0.717, 1.165) is 34.7 Å². The fourth-order valence-electron chi connectivity index (χ4n) is 3.24. The van der Waals surface area contributed by atoms with Gasteiger partial charge in [0.05, 0.1) is 11.6 Å². The van der Waals surface area contributed by atoms with Gasteiger partial charge in [0.2, 0.25) is 11.8 Å². The number of carbonyl (C=O) groups excluding carboxylic acids is 2. The number of thioether (sulfide) groups is 1. The van der Waals surface area contributed by atoms with Gasteiger partial charge in [-0.1, -0.05) is 44.2 Å². The molecular weight excluding hydrogens is 360 g/mol. The van der Waals surface area contributed by atoms with Crippen LogP contribution in [-0.4, -0.2) is 28.1 Å². The highest BCUT2D eigenvalue weighted by Gasteiger charge is 2.27. The molecule has 0 fully saturated rings. The molecule has 2 N–H and O–H groups in total. The zero-order valence-corrected chi connectivity index (χ0v) is 16.6. The summed E-state index contributed by atoms with van der Waals surface area (Å²) in [7, 11) is 0. The fraction of sp³-hybridized carbons (Fsp3) is 0.450. The molecule has 6 nitrogen and oxygen atoms in total. The molecule has 1 aliphatic rings. The van der Waals surface area contributed by atoms with E-state index in [4.69, 9.17) is 0 Å². The molecule has 0 spiro atoms. The number of hydrogen-bond acceptors (Lipinski definition) is 4. The van der Waals surface area contributed by atoms with E-state index in [0.29, 0.717) is 18.8 Å². The zero-order valence-electron chi connectivity index (χ0n) is 15.8. The van der Waals surface area contributed by atoms with Crippen LogP contribution in [0.5, 0.6) is 0 Å². The molecule has 3 rings (SSSR count). The Morgan fingerprint density at radius 2 is 2.00 bits per heavy atom. The normalized spacial score (nSPS) is 13.9. The Labute approximate surface area is 164 Å². The van der Waals surface area contributed by atoms with Gasteiger partial charge in [-0.05, 0) is 18.4 Å². The summed E-state index contributed by atoms with van der Waals surface area (Å²) in [6.07, 6.45) is 1.59. The van der Waals surface area contributed by atoms with Crippen molar-refractivity contribution in [1.82, 2.24) is 15.1 Å². The van der Waals surface area contributed by atoms with Crippen molar-refractivity contribution in [2.45, 2.75) is 50.7 Å². The van der Waals surface area contributed by atoms with E-state index in [-0.39, 0.29) is 24.3 Å². The third kappa shape index (κ3) is 4.53. The third-order valence-electron chi connectivity index (χ3n) is 4.65. The molecule has 1 aliphatic heterocycles. The van der Waals surface area contributed by atoms with Crippen LogP contribution in [0, 0.1) is 0 Å². The van der Waals surface area contributed by atoms with E-state index in [2.05, 4.69) is 15.7 Å². The van der Waals surface area contributed by atoms with Crippen molar-refractivity contribution in [1.29, 1.82) is 0 Å². The minimum atomic E-state index is -0.229. The second-order valence-electron chi connectivity index (χ2n) is 6.64. The summed E-state index contributed by atoms with van der Waals surface area (Å²) < 4.78 is 1.64. The molecule has 0 saturated carbocycles. The summed E-state index contributed by atoms with van der Waals surface area (Å²) in [5.74, 6) is 1.92. The molecule has 1 aromatic heterocycles. The smallest absolute Gasteiger partial charge is 0.241 e. The van der Waals surface area contributed by atoms with Crippen molar-refractivity contribution in [3.8, 4) is 0 Å². The van der Waals surface area contributed by atoms with Gasteiger partial charge in [-0.3, -0.25) is 9.59 Å². The van der Waals surface area contributed by atoms with Crippen molar-refractivity contribution in [3.63, 3.8) is 0 Å². The highest BCUT2D eigenvalue weighted by Crippen LogP contribution is 2.35. The summed E-state index contributed by atoms with van der Waals surface area (Å²) >= 11 is 1.78. The molecule has 2 aromatic rings. The average molecular weight is 387 g/mol. The maximum absolute atomic E-state index is 13.0. The van der Waals surface area contributed by atoms with Gasteiger partial charge in [-0.2, -0.15) is 16.9 Å². The Morgan fingerprint density at radius 1 is 1.22 bits per heavy atom. The lowest BCUT2D eigenvalue weighted by atomic mass is 9.95. The Kier molecular flexibility index (Phi) is 6.55. The quantitative estimate of drug-likeness (QED) is 0.730. The summed E-state index contributed by atoms with van der Waals surface area (Å²) in [5, 5.41) is 10.5. The fourth-order valence-corrected chi connectivity index (χ4v) is 4.27. The molecule has 1 atom stereocenters. The second-order valence-corrected chi connectivity index (χ2v) is 7.62. The molecule has 0 saturated heterocycles. The monoisotopic (exact) mass is 386 g/mol. The van der Waals surface area contributed by atoms with E-state index in [1.165, 1.54) is 0 Å². The van der Waals surface area contributed by atoms with E-state index in [9.17, 15) is 9.59 Å². The Bertz CT molecular complexity index is 804. The van der Waals surface area contributed by atoms with Crippen LogP contribution in [0.15, 0.2) is 30.3 Å². The highest BCUT2D eigenvalue weighted by atomic mass is 32.2. The van der Waals surface area contributed by atoms with Crippen LogP contribution >= 0.6 is 11.8 Å². The summed E-state index contributed by atoms with van der Waals surface area (Å²) in [5.41, 5.74) is 3.00. The third-order valence-corrected chi connectivity index (χ3v) is 5.62. The largest absolute Gasteiger partial charge is 0.355 e. The molecule has 0 aliphatic carbocycles. The van der Waals surface area contributed by atoms with E-state index in [1.807, 2.05) is 44.2 Å². The van der Waals surface area contributed by atoms with Crippen LogP contribution in [0.25, 0.3) is 0 Å². The Morgan fingerprint density at radius 3 is 2.70 bits per heavy atom. The van der Waals surface area contributed by atoms with Crippen LogP contribution in [0.2, 0.25) is 0 Å². The molecule has 1 unspecified atom stereocenters. The van der Waals surface area contributed by atoms with Crippen LogP contribution in [0.1, 0.15) is 49.4 Å². The standard InChI is InChI=1S/C20H26N4O2S/c1-3-10-21-18(25)11-24-19(16-12-27-13-17(16)23-24)22-20(26)15(4-2)14-8-6-5-7-9-14/h5-9,15H,3-4,10-13H2,1-2H3,(H,21,25)(H,22,26). The average Bonchev–Trinajstić information content (AvgIpc) is 3.24. The number of amides is 2. The lowest BCUT2D eigenvalue weighted by molar-refractivity contribution is -0.122. The number of aromatic nitrogens is 2. The minimum Gasteiger partial charge on any atom is -0.355 e. The van der Waals surface area contributed by atoms with Gasteiger partial charge in [0.15, 0.2) is 0 Å². The van der Waals surface area contributed by atoms with Crippen molar-refractivity contribution in [2.24, 2.45) is 0 Å². The first-order valence-corrected chi connectivity index (χ1v) is 10.6. The first-order valence-electron chi connectivity index (χ1n) is 9.42. The predicted molar refractivity (Wildman–Crippen MR) is 109 cm³/mol. The van der Waals surface area contributed by atoms with Crippen molar-refractivity contribution in [3.05, 3.63) is 47.2 Å².